The molecular weight excluding hydrogens is 518 g/mol. The van der Waals surface area contributed by atoms with Crippen LogP contribution in [-0.2, 0) is 0 Å². The van der Waals surface area contributed by atoms with E-state index in [2.05, 4.69) is 181 Å². The molecule has 0 atom stereocenters. The third kappa shape index (κ3) is 4.43. The molecule has 0 fully saturated rings. The van der Waals surface area contributed by atoms with Gasteiger partial charge in [-0.1, -0.05) is 133 Å². The molecule has 8 rings (SSSR count). The predicted octanol–water partition coefficient (Wildman–Crippen LogP) is 11.9. The molecule has 0 bridgehead atoms. The van der Waals surface area contributed by atoms with Gasteiger partial charge in [0.1, 0.15) is 0 Å². The Morgan fingerprint density at radius 3 is 1.63 bits per heavy atom. The van der Waals surface area contributed by atoms with Crippen LogP contribution in [0.5, 0.6) is 0 Å². The minimum atomic E-state index is 1.12. The zero-order valence-electron chi connectivity index (χ0n) is 23.7. The second-order valence-corrected chi connectivity index (χ2v) is 11.0. The maximum atomic E-state index is 2.39. The summed E-state index contributed by atoms with van der Waals surface area (Å²) in [5.74, 6) is 0. The van der Waals surface area contributed by atoms with E-state index in [1.807, 2.05) is 0 Å². The summed E-state index contributed by atoms with van der Waals surface area (Å²) in [4.78, 5) is 2.39. The molecule has 202 valence electrons. The van der Waals surface area contributed by atoms with Crippen LogP contribution in [0.25, 0.3) is 54.6 Å². The summed E-state index contributed by atoms with van der Waals surface area (Å²) in [6.45, 7) is 0. The Hall–Kier alpha value is -5.66. The third-order valence-electron chi connectivity index (χ3n) is 8.41. The molecule has 1 heteroatoms. The Kier molecular flexibility index (Phi) is 6.20. The van der Waals surface area contributed by atoms with E-state index in [1.54, 1.807) is 0 Å². The lowest BCUT2D eigenvalue weighted by Gasteiger charge is -2.29. The van der Waals surface area contributed by atoms with Crippen molar-refractivity contribution >= 4 is 49.4 Å². The molecule has 0 saturated heterocycles. The quantitative estimate of drug-likeness (QED) is 0.194. The van der Waals surface area contributed by atoms with Gasteiger partial charge < -0.3 is 4.90 Å². The van der Waals surface area contributed by atoms with Gasteiger partial charge in [0.05, 0.1) is 5.69 Å². The van der Waals surface area contributed by atoms with Crippen LogP contribution in [0, 0.1) is 0 Å². The molecule has 1 nitrogen and oxygen atoms in total. The molecule has 0 aliphatic heterocycles. The Bertz CT molecular complexity index is 2190. The number of nitrogens with zero attached hydrogens (tertiary/aromatic N) is 1. The molecule has 43 heavy (non-hydrogen) atoms. The van der Waals surface area contributed by atoms with Gasteiger partial charge in [-0.25, -0.2) is 0 Å². The first-order valence-electron chi connectivity index (χ1n) is 14.8. The summed E-state index contributed by atoms with van der Waals surface area (Å²) in [5.41, 5.74) is 8.24. The highest BCUT2D eigenvalue weighted by atomic mass is 15.1. The van der Waals surface area contributed by atoms with Crippen LogP contribution < -0.4 is 4.90 Å². The fourth-order valence-corrected chi connectivity index (χ4v) is 6.45. The van der Waals surface area contributed by atoms with E-state index in [0.717, 1.165) is 17.1 Å². The summed E-state index contributed by atoms with van der Waals surface area (Å²) in [5, 5.41) is 7.51. The summed E-state index contributed by atoms with van der Waals surface area (Å²) in [6.07, 6.45) is 0. The number of fused-ring (bicyclic) bond motifs is 4. The zero-order valence-corrected chi connectivity index (χ0v) is 23.7. The van der Waals surface area contributed by atoms with Gasteiger partial charge in [-0.15, -0.1) is 0 Å². The van der Waals surface area contributed by atoms with Gasteiger partial charge in [-0.05, 0) is 91.5 Å². The van der Waals surface area contributed by atoms with E-state index in [-0.39, 0.29) is 0 Å². The first kappa shape index (κ1) is 25.1. The maximum Gasteiger partial charge on any atom is 0.0546 e. The molecule has 8 aromatic rings. The number of benzene rings is 8. The number of rotatable bonds is 5. The van der Waals surface area contributed by atoms with Crippen LogP contribution in [0.15, 0.2) is 176 Å². The predicted molar refractivity (Wildman–Crippen MR) is 185 cm³/mol. The van der Waals surface area contributed by atoms with Crippen LogP contribution >= 0.6 is 0 Å². The number of hydrogen-bond donors (Lipinski definition) is 0. The van der Waals surface area contributed by atoms with Gasteiger partial charge in [-0.3, -0.25) is 0 Å². The van der Waals surface area contributed by atoms with E-state index in [4.69, 9.17) is 0 Å². The van der Waals surface area contributed by atoms with E-state index in [0.29, 0.717) is 0 Å². The summed E-state index contributed by atoms with van der Waals surface area (Å²) in [6, 6.07) is 63.5. The molecule has 0 spiro atoms. The lowest BCUT2D eigenvalue weighted by Crippen LogP contribution is -2.11. The smallest absolute Gasteiger partial charge is 0.0546 e. The monoisotopic (exact) mass is 547 g/mol. The summed E-state index contributed by atoms with van der Waals surface area (Å²) < 4.78 is 0. The van der Waals surface area contributed by atoms with Crippen LogP contribution in [0.2, 0.25) is 0 Å². The van der Waals surface area contributed by atoms with Crippen molar-refractivity contribution in [2.24, 2.45) is 0 Å². The normalized spacial score (nSPS) is 11.3. The van der Waals surface area contributed by atoms with Crippen LogP contribution in [0.4, 0.5) is 17.1 Å². The molecule has 0 unspecified atom stereocenters. The molecular formula is C42H29N. The van der Waals surface area contributed by atoms with Gasteiger partial charge in [0, 0.05) is 16.9 Å². The number of anilines is 3. The van der Waals surface area contributed by atoms with E-state index >= 15 is 0 Å². The Morgan fingerprint density at radius 1 is 0.326 bits per heavy atom. The molecule has 0 radical (unpaired) electrons. The zero-order chi connectivity index (χ0) is 28.6. The Labute approximate surface area is 251 Å². The molecule has 8 aromatic carbocycles. The number of hydrogen-bond acceptors (Lipinski definition) is 1. The second kappa shape index (κ2) is 10.6. The van der Waals surface area contributed by atoms with Gasteiger partial charge >= 0.3 is 0 Å². The topological polar surface area (TPSA) is 3.24 Å². The molecule has 0 amide bonds. The molecule has 0 N–H and O–H groups in total. The highest BCUT2D eigenvalue weighted by molar-refractivity contribution is 6.16. The van der Waals surface area contributed by atoms with Gasteiger partial charge in [-0.2, -0.15) is 0 Å². The Balaban J connectivity index is 1.51. The van der Waals surface area contributed by atoms with Crippen LogP contribution in [-0.4, -0.2) is 0 Å². The van der Waals surface area contributed by atoms with Crippen molar-refractivity contribution < 1.29 is 0 Å². The summed E-state index contributed by atoms with van der Waals surface area (Å²) in [7, 11) is 0. The van der Waals surface area contributed by atoms with Crippen molar-refractivity contribution in [2.75, 3.05) is 4.90 Å². The van der Waals surface area contributed by atoms with E-state index in [1.165, 1.54) is 54.6 Å². The van der Waals surface area contributed by atoms with E-state index in [9.17, 15) is 0 Å². The average molecular weight is 548 g/mol. The van der Waals surface area contributed by atoms with Crippen LogP contribution in [0.3, 0.4) is 0 Å². The van der Waals surface area contributed by atoms with Crippen molar-refractivity contribution in [1.82, 2.24) is 0 Å². The molecule has 0 aliphatic carbocycles. The molecule has 0 aliphatic rings. The maximum absolute atomic E-state index is 2.39. The van der Waals surface area contributed by atoms with Crippen molar-refractivity contribution in [3.63, 3.8) is 0 Å². The number of para-hydroxylation sites is 2. The largest absolute Gasteiger partial charge is 0.310 e. The fourth-order valence-electron chi connectivity index (χ4n) is 6.45. The first-order chi connectivity index (χ1) is 21.3. The van der Waals surface area contributed by atoms with Crippen molar-refractivity contribution in [3.8, 4) is 22.3 Å². The highest BCUT2D eigenvalue weighted by Crippen LogP contribution is 2.48. The SMILES string of the molecule is c1ccc(N(c2ccccc2)c2cccc(-c3ccc4ccccc4c3)c2-c2cc3ccccc3c3ccccc23)cc1. The van der Waals surface area contributed by atoms with Gasteiger partial charge in [0.15, 0.2) is 0 Å². The van der Waals surface area contributed by atoms with E-state index < -0.39 is 0 Å². The standard InChI is InChI=1S/C42H29N/c1-3-17-34(18-4-1)43(35-19-5-2-6-20-35)41-25-13-24-37(33-27-26-30-14-7-8-15-31(30)28-33)42(41)40-29-32-16-9-10-21-36(32)38-22-11-12-23-39(38)40/h1-29H. The molecule has 0 aromatic heterocycles. The van der Waals surface area contributed by atoms with Gasteiger partial charge in [0.2, 0.25) is 0 Å². The van der Waals surface area contributed by atoms with Crippen molar-refractivity contribution in [2.45, 2.75) is 0 Å². The minimum absolute atomic E-state index is 1.12. The van der Waals surface area contributed by atoms with Crippen molar-refractivity contribution in [1.29, 1.82) is 0 Å². The molecule has 0 saturated carbocycles. The minimum Gasteiger partial charge on any atom is -0.310 e. The third-order valence-corrected chi connectivity index (χ3v) is 8.41. The first-order valence-corrected chi connectivity index (χ1v) is 14.8. The highest BCUT2D eigenvalue weighted by Gasteiger charge is 2.22. The van der Waals surface area contributed by atoms with Gasteiger partial charge in [0.25, 0.3) is 0 Å². The average Bonchev–Trinajstić information content (AvgIpc) is 3.09. The molecule has 0 heterocycles. The lowest BCUT2D eigenvalue weighted by molar-refractivity contribution is 1.28. The van der Waals surface area contributed by atoms with Crippen LogP contribution in [0.1, 0.15) is 0 Å². The van der Waals surface area contributed by atoms with Crippen molar-refractivity contribution in [3.05, 3.63) is 176 Å². The lowest BCUT2D eigenvalue weighted by atomic mass is 9.87. The summed E-state index contributed by atoms with van der Waals surface area (Å²) >= 11 is 0. The Morgan fingerprint density at radius 2 is 0.907 bits per heavy atom. The fraction of sp³-hybridized carbons (Fsp3) is 0. The second-order valence-electron chi connectivity index (χ2n) is 11.0.